The van der Waals surface area contributed by atoms with Crippen molar-refractivity contribution in [2.24, 2.45) is 0 Å². The van der Waals surface area contributed by atoms with E-state index in [-0.39, 0.29) is 0 Å². The van der Waals surface area contributed by atoms with Crippen LogP contribution in [-0.4, -0.2) is 28.4 Å². The van der Waals surface area contributed by atoms with E-state index in [0.29, 0.717) is 34.4 Å². The van der Waals surface area contributed by atoms with E-state index in [1.54, 1.807) is 28.4 Å². The Bertz CT molecular complexity index is 515. The maximum absolute atomic E-state index is 5.38. The van der Waals surface area contributed by atoms with Gasteiger partial charge in [0.1, 0.15) is 34.4 Å². The van der Waals surface area contributed by atoms with E-state index in [4.69, 9.17) is 18.9 Å². The summed E-state index contributed by atoms with van der Waals surface area (Å²) in [4.78, 5) is 0. The van der Waals surface area contributed by atoms with Crippen molar-refractivity contribution in [3.63, 3.8) is 0 Å². The van der Waals surface area contributed by atoms with E-state index in [9.17, 15) is 0 Å². The van der Waals surface area contributed by atoms with Crippen molar-refractivity contribution < 1.29 is 18.9 Å². The Morgan fingerprint density at radius 3 is 1.10 bits per heavy atom. The van der Waals surface area contributed by atoms with Gasteiger partial charge in [-0.3, -0.25) is 0 Å². The molecule has 0 unspecified atom stereocenters. The summed E-state index contributed by atoms with van der Waals surface area (Å²) in [5.41, 5.74) is 1.43. The molecule has 21 heavy (non-hydrogen) atoms. The fraction of sp³-hybridized carbons (Fsp3) is 0.250. The molecule has 0 saturated heterocycles. The molecular weight excluding hydrogens is 270 g/mol. The van der Waals surface area contributed by atoms with Crippen LogP contribution in [0.15, 0.2) is 36.4 Å². The first kappa shape index (κ1) is 14.8. The van der Waals surface area contributed by atoms with Gasteiger partial charge in [-0.05, 0) is 24.3 Å². The minimum Gasteiger partial charge on any atom is -0.494 e. The van der Waals surface area contributed by atoms with Gasteiger partial charge in [0.2, 0.25) is 0 Å². The summed E-state index contributed by atoms with van der Waals surface area (Å²) < 4.78 is 21.5. The lowest BCUT2D eigenvalue weighted by atomic mass is 10.2. The number of para-hydroxylation sites is 2. The first-order valence-corrected chi connectivity index (χ1v) is 6.44. The van der Waals surface area contributed by atoms with Crippen molar-refractivity contribution in [1.82, 2.24) is 0 Å². The maximum atomic E-state index is 5.38. The summed E-state index contributed by atoms with van der Waals surface area (Å²) in [5, 5.41) is 3.28. The zero-order valence-corrected chi connectivity index (χ0v) is 12.6. The van der Waals surface area contributed by atoms with E-state index in [0.717, 1.165) is 0 Å². The second kappa shape index (κ2) is 6.74. The zero-order chi connectivity index (χ0) is 15.2. The Labute approximate surface area is 124 Å². The van der Waals surface area contributed by atoms with Crippen LogP contribution >= 0.6 is 0 Å². The van der Waals surface area contributed by atoms with Gasteiger partial charge in [-0.2, -0.15) is 0 Å². The maximum Gasteiger partial charge on any atom is 0.146 e. The minimum absolute atomic E-state index is 0.669. The highest BCUT2D eigenvalue weighted by Crippen LogP contribution is 2.42. The number of hydrogen-bond donors (Lipinski definition) is 1. The van der Waals surface area contributed by atoms with Crippen molar-refractivity contribution >= 4 is 11.4 Å². The van der Waals surface area contributed by atoms with E-state index >= 15 is 0 Å². The van der Waals surface area contributed by atoms with Crippen LogP contribution in [0.25, 0.3) is 0 Å². The molecule has 5 nitrogen and oxygen atoms in total. The van der Waals surface area contributed by atoms with E-state index < -0.39 is 0 Å². The third-order valence-electron chi connectivity index (χ3n) is 3.11. The van der Waals surface area contributed by atoms with Gasteiger partial charge in [0.25, 0.3) is 0 Å². The topological polar surface area (TPSA) is 49.0 Å². The first-order valence-electron chi connectivity index (χ1n) is 6.44. The van der Waals surface area contributed by atoms with E-state index in [1.807, 2.05) is 36.4 Å². The summed E-state index contributed by atoms with van der Waals surface area (Å²) >= 11 is 0. The molecule has 2 rings (SSSR count). The molecule has 0 aliphatic rings. The SMILES string of the molecule is COc1cccc(OC)c1Nc1c(OC)cccc1OC. The van der Waals surface area contributed by atoms with Crippen LogP contribution in [0.4, 0.5) is 11.4 Å². The molecule has 0 amide bonds. The largest absolute Gasteiger partial charge is 0.494 e. The van der Waals surface area contributed by atoms with Crippen LogP contribution in [0.5, 0.6) is 23.0 Å². The van der Waals surface area contributed by atoms with E-state index in [2.05, 4.69) is 5.32 Å². The molecule has 0 spiro atoms. The number of methoxy groups -OCH3 is 4. The second-order valence-electron chi connectivity index (χ2n) is 4.20. The highest BCUT2D eigenvalue weighted by atomic mass is 16.5. The summed E-state index contributed by atoms with van der Waals surface area (Å²) in [6, 6.07) is 11.1. The Balaban J connectivity index is 2.52. The van der Waals surface area contributed by atoms with Crippen LogP contribution in [0, 0.1) is 0 Å². The van der Waals surface area contributed by atoms with Gasteiger partial charge in [0, 0.05) is 0 Å². The van der Waals surface area contributed by atoms with Crippen LogP contribution in [0.2, 0.25) is 0 Å². The Hall–Kier alpha value is -2.56. The quantitative estimate of drug-likeness (QED) is 0.882. The highest BCUT2D eigenvalue weighted by Gasteiger charge is 2.15. The molecule has 5 heteroatoms. The lowest BCUT2D eigenvalue weighted by Crippen LogP contribution is -2.01. The van der Waals surface area contributed by atoms with Gasteiger partial charge in [-0.15, -0.1) is 0 Å². The average molecular weight is 289 g/mol. The molecule has 0 radical (unpaired) electrons. The lowest BCUT2D eigenvalue weighted by Gasteiger charge is -2.18. The molecule has 0 bridgehead atoms. The number of benzene rings is 2. The number of ether oxygens (including phenoxy) is 4. The third kappa shape index (κ3) is 2.97. The molecule has 2 aromatic rings. The molecule has 0 aliphatic carbocycles. The third-order valence-corrected chi connectivity index (χ3v) is 3.11. The average Bonchev–Trinajstić information content (AvgIpc) is 2.55. The highest BCUT2D eigenvalue weighted by molar-refractivity contribution is 5.79. The molecule has 0 heterocycles. The van der Waals surface area contributed by atoms with Crippen molar-refractivity contribution in [1.29, 1.82) is 0 Å². The summed E-state index contributed by atoms with van der Waals surface area (Å²) in [6.45, 7) is 0. The molecule has 0 atom stereocenters. The van der Waals surface area contributed by atoms with Gasteiger partial charge in [-0.1, -0.05) is 12.1 Å². The molecule has 112 valence electrons. The van der Waals surface area contributed by atoms with Crippen LogP contribution in [-0.2, 0) is 0 Å². The lowest BCUT2D eigenvalue weighted by molar-refractivity contribution is 0.394. The Morgan fingerprint density at radius 1 is 0.571 bits per heavy atom. The molecular formula is C16H19NO4. The fourth-order valence-electron chi connectivity index (χ4n) is 2.07. The Morgan fingerprint density at radius 2 is 0.857 bits per heavy atom. The minimum atomic E-state index is 0.669. The van der Waals surface area contributed by atoms with Crippen molar-refractivity contribution in [3.8, 4) is 23.0 Å². The fourth-order valence-corrected chi connectivity index (χ4v) is 2.07. The molecule has 0 fully saturated rings. The smallest absolute Gasteiger partial charge is 0.146 e. The summed E-state index contributed by atoms with van der Waals surface area (Å²) in [6.07, 6.45) is 0. The van der Waals surface area contributed by atoms with Gasteiger partial charge in [0.15, 0.2) is 0 Å². The molecule has 0 saturated carbocycles. The van der Waals surface area contributed by atoms with Crippen molar-refractivity contribution in [2.75, 3.05) is 33.8 Å². The predicted molar refractivity (Wildman–Crippen MR) is 82.4 cm³/mol. The summed E-state index contributed by atoms with van der Waals surface area (Å²) in [5.74, 6) is 2.68. The number of hydrogen-bond acceptors (Lipinski definition) is 5. The standard InChI is InChI=1S/C16H19NO4/c1-18-11-7-5-8-12(19-2)15(11)17-16-13(20-3)9-6-10-14(16)21-4/h5-10,17H,1-4H3. The number of rotatable bonds is 6. The van der Waals surface area contributed by atoms with Gasteiger partial charge >= 0.3 is 0 Å². The van der Waals surface area contributed by atoms with Crippen LogP contribution < -0.4 is 24.3 Å². The Kier molecular flexibility index (Phi) is 4.77. The van der Waals surface area contributed by atoms with Crippen LogP contribution in [0.1, 0.15) is 0 Å². The first-order chi connectivity index (χ1) is 10.2. The number of nitrogens with one attached hydrogen (secondary N) is 1. The molecule has 2 aromatic carbocycles. The predicted octanol–water partition coefficient (Wildman–Crippen LogP) is 3.46. The molecule has 0 aliphatic heterocycles. The van der Waals surface area contributed by atoms with Gasteiger partial charge in [-0.25, -0.2) is 0 Å². The van der Waals surface area contributed by atoms with Gasteiger partial charge in [0.05, 0.1) is 28.4 Å². The second-order valence-corrected chi connectivity index (χ2v) is 4.20. The van der Waals surface area contributed by atoms with Crippen LogP contribution in [0.3, 0.4) is 0 Å². The van der Waals surface area contributed by atoms with Crippen molar-refractivity contribution in [3.05, 3.63) is 36.4 Å². The molecule has 0 aromatic heterocycles. The van der Waals surface area contributed by atoms with Gasteiger partial charge < -0.3 is 24.3 Å². The summed E-state index contributed by atoms with van der Waals surface area (Å²) in [7, 11) is 6.44. The molecule has 1 N–H and O–H groups in total. The zero-order valence-electron chi connectivity index (χ0n) is 12.6. The number of anilines is 2. The monoisotopic (exact) mass is 289 g/mol. The van der Waals surface area contributed by atoms with E-state index in [1.165, 1.54) is 0 Å². The van der Waals surface area contributed by atoms with Crippen molar-refractivity contribution in [2.45, 2.75) is 0 Å². The normalized spacial score (nSPS) is 9.90.